The van der Waals surface area contributed by atoms with Crippen LogP contribution in [0.25, 0.3) is 10.4 Å². The van der Waals surface area contributed by atoms with Crippen molar-refractivity contribution in [3.63, 3.8) is 0 Å². The average molecular weight is 446 g/mol. The molecular formula is C20H23N5O5S. The zero-order valence-corrected chi connectivity index (χ0v) is 17.4. The highest BCUT2D eigenvalue weighted by molar-refractivity contribution is 7.18. The van der Waals surface area contributed by atoms with Crippen molar-refractivity contribution in [3.8, 4) is 10.4 Å². The summed E-state index contributed by atoms with van der Waals surface area (Å²) in [6.45, 7) is 0.718. The van der Waals surface area contributed by atoms with E-state index >= 15 is 0 Å². The summed E-state index contributed by atoms with van der Waals surface area (Å²) in [6.07, 6.45) is 1.62. The maximum Gasteiger partial charge on any atom is 0.350 e. The summed E-state index contributed by atoms with van der Waals surface area (Å²) in [5.41, 5.74) is 17.1. The number of nitrogens with one attached hydrogen (secondary N) is 1. The zero-order chi connectivity index (χ0) is 22.5. The first-order valence-corrected chi connectivity index (χ1v) is 10.4. The van der Waals surface area contributed by atoms with Crippen molar-refractivity contribution >= 4 is 41.0 Å². The molecule has 2 aromatic rings. The summed E-state index contributed by atoms with van der Waals surface area (Å²) in [7, 11) is 0. The van der Waals surface area contributed by atoms with E-state index in [0.717, 1.165) is 24.2 Å². The van der Waals surface area contributed by atoms with E-state index in [1.165, 1.54) is 4.90 Å². The van der Waals surface area contributed by atoms with Crippen LogP contribution in [0.1, 0.15) is 39.3 Å². The van der Waals surface area contributed by atoms with Crippen molar-refractivity contribution in [3.05, 3.63) is 40.8 Å². The SMILES string of the molecule is NC(=O)Nc1cc(-c2cccc(C(N)=O)c2)sc1C(=O)OC1CCCCN(C(N)=O)C1. The van der Waals surface area contributed by atoms with Crippen molar-refractivity contribution in [2.24, 2.45) is 17.2 Å². The molecule has 1 aromatic carbocycles. The Morgan fingerprint density at radius 3 is 2.55 bits per heavy atom. The normalized spacial score (nSPS) is 16.3. The van der Waals surface area contributed by atoms with Crippen LogP contribution in [-0.4, -0.2) is 48.0 Å². The number of urea groups is 2. The van der Waals surface area contributed by atoms with Crippen LogP contribution in [0.2, 0.25) is 0 Å². The molecule has 7 N–H and O–H groups in total. The molecule has 1 atom stereocenters. The van der Waals surface area contributed by atoms with E-state index in [1.807, 2.05) is 0 Å². The highest BCUT2D eigenvalue weighted by Crippen LogP contribution is 2.36. The summed E-state index contributed by atoms with van der Waals surface area (Å²) < 4.78 is 5.63. The van der Waals surface area contributed by atoms with Crippen molar-refractivity contribution in [2.45, 2.75) is 25.4 Å². The van der Waals surface area contributed by atoms with Crippen LogP contribution in [0.5, 0.6) is 0 Å². The van der Waals surface area contributed by atoms with Crippen molar-refractivity contribution in [2.75, 3.05) is 18.4 Å². The lowest BCUT2D eigenvalue weighted by Gasteiger charge is -2.22. The minimum atomic E-state index is -0.835. The Labute approximate surface area is 182 Å². The van der Waals surface area contributed by atoms with Crippen LogP contribution in [0, 0.1) is 0 Å². The Morgan fingerprint density at radius 2 is 1.87 bits per heavy atom. The number of esters is 1. The van der Waals surface area contributed by atoms with E-state index in [-0.39, 0.29) is 17.1 Å². The number of carbonyl (C=O) groups is 4. The standard InChI is InChI=1S/C20H23N5O5S/c21-17(26)12-5-3-4-11(8-12)15-9-14(24-19(22)28)16(31-15)18(27)30-13-6-1-2-7-25(10-13)20(23)29/h3-5,8-9,13H,1-2,6-7,10H2,(H2,21,26)(H2,23,29)(H3,22,24,28). The monoisotopic (exact) mass is 445 g/mol. The van der Waals surface area contributed by atoms with E-state index in [9.17, 15) is 19.2 Å². The summed E-state index contributed by atoms with van der Waals surface area (Å²) in [4.78, 5) is 49.6. The maximum atomic E-state index is 12.9. The number of amides is 5. The van der Waals surface area contributed by atoms with Gasteiger partial charge < -0.3 is 32.2 Å². The van der Waals surface area contributed by atoms with E-state index in [1.54, 1.807) is 30.3 Å². The van der Waals surface area contributed by atoms with Crippen LogP contribution in [0.15, 0.2) is 30.3 Å². The third kappa shape index (κ3) is 5.51. The zero-order valence-electron chi connectivity index (χ0n) is 16.6. The van der Waals surface area contributed by atoms with Gasteiger partial charge in [-0.2, -0.15) is 0 Å². The van der Waals surface area contributed by atoms with Gasteiger partial charge in [0.15, 0.2) is 0 Å². The van der Waals surface area contributed by atoms with Crippen molar-refractivity contribution in [1.82, 2.24) is 4.90 Å². The Morgan fingerprint density at radius 1 is 1.10 bits per heavy atom. The molecule has 3 rings (SSSR count). The predicted octanol–water partition coefficient (Wildman–Crippen LogP) is 2.09. The quantitative estimate of drug-likeness (QED) is 0.515. The van der Waals surface area contributed by atoms with Crippen LogP contribution in [0.4, 0.5) is 15.3 Å². The van der Waals surface area contributed by atoms with Gasteiger partial charge in [0.1, 0.15) is 11.0 Å². The number of hydrogen-bond donors (Lipinski definition) is 4. The number of anilines is 1. The Bertz CT molecular complexity index is 1020. The number of hydrogen-bond acceptors (Lipinski definition) is 6. The lowest BCUT2D eigenvalue weighted by Crippen LogP contribution is -2.41. The summed E-state index contributed by atoms with van der Waals surface area (Å²) in [5, 5.41) is 2.43. The molecule has 2 heterocycles. The molecule has 5 amide bonds. The van der Waals surface area contributed by atoms with Gasteiger partial charge in [-0.05, 0) is 43.0 Å². The number of likely N-dealkylation sites (tertiary alicyclic amines) is 1. The van der Waals surface area contributed by atoms with E-state index in [0.29, 0.717) is 29.0 Å². The number of thiophene rings is 1. The molecule has 1 unspecified atom stereocenters. The first kappa shape index (κ1) is 22.1. The number of nitrogens with zero attached hydrogens (tertiary/aromatic N) is 1. The number of carbonyl (C=O) groups excluding carboxylic acids is 4. The van der Waals surface area contributed by atoms with Crippen LogP contribution in [-0.2, 0) is 4.74 Å². The van der Waals surface area contributed by atoms with Gasteiger partial charge in [0.05, 0.1) is 12.2 Å². The fraction of sp³-hybridized carbons (Fsp3) is 0.300. The van der Waals surface area contributed by atoms with E-state index in [4.69, 9.17) is 21.9 Å². The highest BCUT2D eigenvalue weighted by Gasteiger charge is 2.27. The second kappa shape index (κ2) is 9.47. The average Bonchev–Trinajstić information content (AvgIpc) is 2.98. The van der Waals surface area contributed by atoms with E-state index < -0.39 is 30.0 Å². The Kier molecular flexibility index (Phi) is 6.75. The van der Waals surface area contributed by atoms with Crippen LogP contribution in [0.3, 0.4) is 0 Å². The number of primary amides is 3. The molecule has 10 nitrogen and oxygen atoms in total. The molecule has 0 bridgehead atoms. The van der Waals surface area contributed by atoms with E-state index in [2.05, 4.69) is 5.32 Å². The first-order chi connectivity index (χ1) is 14.7. The summed E-state index contributed by atoms with van der Waals surface area (Å²) in [6, 6.07) is 6.76. The molecule has 0 aliphatic carbocycles. The third-order valence-corrected chi connectivity index (χ3v) is 5.98. The molecule has 0 saturated carbocycles. The number of ether oxygens (including phenoxy) is 1. The summed E-state index contributed by atoms with van der Waals surface area (Å²) >= 11 is 1.08. The minimum absolute atomic E-state index is 0.146. The third-order valence-electron chi connectivity index (χ3n) is 4.82. The van der Waals surface area contributed by atoms with Gasteiger partial charge in [0, 0.05) is 17.0 Å². The number of benzene rings is 1. The molecule has 0 spiro atoms. The first-order valence-electron chi connectivity index (χ1n) is 9.60. The molecule has 11 heteroatoms. The van der Waals surface area contributed by atoms with Crippen molar-refractivity contribution in [1.29, 1.82) is 0 Å². The molecular weight excluding hydrogens is 422 g/mol. The fourth-order valence-corrected chi connectivity index (χ4v) is 4.33. The van der Waals surface area contributed by atoms with Gasteiger partial charge in [-0.3, -0.25) is 4.79 Å². The Balaban J connectivity index is 1.87. The highest BCUT2D eigenvalue weighted by atomic mass is 32.1. The molecule has 31 heavy (non-hydrogen) atoms. The smallest absolute Gasteiger partial charge is 0.350 e. The second-order valence-electron chi connectivity index (χ2n) is 7.10. The van der Waals surface area contributed by atoms with Crippen molar-refractivity contribution < 1.29 is 23.9 Å². The van der Waals surface area contributed by atoms with Crippen LogP contribution < -0.4 is 22.5 Å². The minimum Gasteiger partial charge on any atom is -0.456 e. The number of rotatable bonds is 5. The van der Waals surface area contributed by atoms with Gasteiger partial charge in [-0.15, -0.1) is 11.3 Å². The molecule has 1 aromatic heterocycles. The van der Waals surface area contributed by atoms with Crippen LogP contribution >= 0.6 is 11.3 Å². The molecule has 1 fully saturated rings. The molecule has 1 aliphatic rings. The molecule has 164 valence electrons. The fourth-order valence-electron chi connectivity index (χ4n) is 3.34. The lowest BCUT2D eigenvalue weighted by atomic mass is 10.1. The van der Waals surface area contributed by atoms with Gasteiger partial charge in [-0.25, -0.2) is 14.4 Å². The van der Waals surface area contributed by atoms with Gasteiger partial charge in [0.25, 0.3) is 0 Å². The lowest BCUT2D eigenvalue weighted by molar-refractivity contribution is 0.0247. The Hall–Kier alpha value is -3.60. The molecule has 1 saturated heterocycles. The molecule has 1 aliphatic heterocycles. The number of nitrogens with two attached hydrogens (primary N) is 3. The second-order valence-corrected chi connectivity index (χ2v) is 8.15. The topological polar surface area (TPSA) is 171 Å². The predicted molar refractivity (Wildman–Crippen MR) is 116 cm³/mol. The maximum absolute atomic E-state index is 12.9. The van der Waals surface area contributed by atoms with Gasteiger partial charge in [-0.1, -0.05) is 12.1 Å². The molecule has 0 radical (unpaired) electrons. The van der Waals surface area contributed by atoms with Gasteiger partial charge >= 0.3 is 18.0 Å². The van der Waals surface area contributed by atoms with Gasteiger partial charge in [0.2, 0.25) is 5.91 Å². The largest absolute Gasteiger partial charge is 0.456 e. The summed E-state index contributed by atoms with van der Waals surface area (Å²) in [5.74, 6) is -1.23.